The average molecular weight is 472 g/mol. The minimum atomic E-state index is -3.97. The molecule has 0 aliphatic heterocycles. The average Bonchev–Trinajstić information content (AvgIpc) is 3.08. The number of aryl methyl sites for hydroxylation is 1. The molecule has 172 valence electrons. The number of aromatic nitrogens is 1. The van der Waals surface area contributed by atoms with E-state index in [-0.39, 0.29) is 5.69 Å². The Morgan fingerprint density at radius 1 is 1.00 bits per heavy atom. The summed E-state index contributed by atoms with van der Waals surface area (Å²) in [6.07, 6.45) is 0.906. The van der Waals surface area contributed by atoms with Gasteiger partial charge >= 0.3 is 0 Å². The van der Waals surface area contributed by atoms with Gasteiger partial charge in [0, 0.05) is 40.1 Å². The SMILES string of the molecule is CCn1c2ccccc2c2cc(NC(=O)[C@H](C)N(c3ccc(F)c(F)c3)S(C)(=O)=O)ccc21. The van der Waals surface area contributed by atoms with Crippen LogP contribution in [-0.4, -0.2) is 31.2 Å². The zero-order valence-electron chi connectivity index (χ0n) is 18.3. The number of amides is 1. The van der Waals surface area contributed by atoms with Gasteiger partial charge in [0.05, 0.1) is 11.9 Å². The summed E-state index contributed by atoms with van der Waals surface area (Å²) in [4.78, 5) is 13.0. The first-order chi connectivity index (χ1) is 15.6. The number of para-hydroxylation sites is 1. The number of carbonyl (C=O) groups excluding carboxylic acids is 1. The summed E-state index contributed by atoms with van der Waals surface area (Å²) < 4.78 is 54.9. The van der Waals surface area contributed by atoms with E-state index in [2.05, 4.69) is 16.8 Å². The van der Waals surface area contributed by atoms with E-state index in [1.165, 1.54) is 6.92 Å². The van der Waals surface area contributed by atoms with E-state index < -0.39 is 33.6 Å². The van der Waals surface area contributed by atoms with E-state index in [9.17, 15) is 22.0 Å². The molecule has 1 atom stereocenters. The number of anilines is 2. The van der Waals surface area contributed by atoms with Crippen molar-refractivity contribution >= 4 is 49.1 Å². The van der Waals surface area contributed by atoms with Crippen LogP contribution in [0.4, 0.5) is 20.2 Å². The van der Waals surface area contributed by atoms with Gasteiger partial charge in [0.1, 0.15) is 6.04 Å². The van der Waals surface area contributed by atoms with Crippen LogP contribution >= 0.6 is 0 Å². The van der Waals surface area contributed by atoms with Crippen molar-refractivity contribution in [1.29, 1.82) is 0 Å². The van der Waals surface area contributed by atoms with Crippen molar-refractivity contribution in [3.8, 4) is 0 Å². The fraction of sp³-hybridized carbons (Fsp3) is 0.208. The van der Waals surface area contributed by atoms with Crippen molar-refractivity contribution in [3.05, 3.63) is 72.3 Å². The Balaban J connectivity index is 1.69. The third-order valence-corrected chi connectivity index (χ3v) is 6.84. The Morgan fingerprint density at radius 3 is 2.36 bits per heavy atom. The van der Waals surface area contributed by atoms with Crippen LogP contribution in [0.25, 0.3) is 21.8 Å². The molecule has 0 aliphatic rings. The fourth-order valence-corrected chi connectivity index (χ4v) is 5.32. The highest BCUT2D eigenvalue weighted by molar-refractivity contribution is 7.92. The van der Waals surface area contributed by atoms with Crippen LogP contribution in [0, 0.1) is 11.6 Å². The summed E-state index contributed by atoms with van der Waals surface area (Å²) in [5, 5.41) is 4.75. The molecule has 1 aromatic heterocycles. The summed E-state index contributed by atoms with van der Waals surface area (Å²) in [6.45, 7) is 4.23. The lowest BCUT2D eigenvalue weighted by molar-refractivity contribution is -0.116. The molecule has 0 unspecified atom stereocenters. The second-order valence-corrected chi connectivity index (χ2v) is 9.68. The number of carbonyl (C=O) groups is 1. The molecule has 0 bridgehead atoms. The first kappa shape index (κ1) is 22.7. The van der Waals surface area contributed by atoms with Crippen molar-refractivity contribution in [3.63, 3.8) is 0 Å². The number of hydrogen-bond donors (Lipinski definition) is 1. The maximum atomic E-state index is 13.7. The van der Waals surface area contributed by atoms with Gasteiger partial charge < -0.3 is 9.88 Å². The van der Waals surface area contributed by atoms with E-state index in [1.807, 2.05) is 36.4 Å². The zero-order valence-corrected chi connectivity index (χ0v) is 19.2. The minimum absolute atomic E-state index is 0.138. The monoisotopic (exact) mass is 471 g/mol. The van der Waals surface area contributed by atoms with Crippen LogP contribution in [0.5, 0.6) is 0 Å². The number of hydrogen-bond acceptors (Lipinski definition) is 3. The molecule has 0 aliphatic carbocycles. The van der Waals surface area contributed by atoms with Crippen LogP contribution in [0.1, 0.15) is 13.8 Å². The summed E-state index contributed by atoms with van der Waals surface area (Å²) in [5.41, 5.74) is 2.45. The molecule has 1 N–H and O–H groups in total. The second-order valence-electron chi connectivity index (χ2n) is 7.82. The molecule has 33 heavy (non-hydrogen) atoms. The molecular weight excluding hydrogens is 448 g/mol. The van der Waals surface area contributed by atoms with Gasteiger partial charge in [-0.15, -0.1) is 0 Å². The highest BCUT2D eigenvalue weighted by atomic mass is 32.2. The third-order valence-electron chi connectivity index (χ3n) is 5.60. The maximum Gasteiger partial charge on any atom is 0.247 e. The number of rotatable bonds is 6. The van der Waals surface area contributed by atoms with Crippen LogP contribution in [0.15, 0.2) is 60.7 Å². The van der Waals surface area contributed by atoms with Gasteiger partial charge in [-0.1, -0.05) is 18.2 Å². The topological polar surface area (TPSA) is 71.4 Å². The van der Waals surface area contributed by atoms with Gasteiger partial charge in [0.2, 0.25) is 15.9 Å². The lowest BCUT2D eigenvalue weighted by Crippen LogP contribution is -2.45. The van der Waals surface area contributed by atoms with Gasteiger partial charge in [-0.2, -0.15) is 0 Å². The molecule has 0 spiro atoms. The molecule has 0 saturated carbocycles. The molecule has 6 nitrogen and oxygen atoms in total. The number of nitrogens with zero attached hydrogens (tertiary/aromatic N) is 2. The number of benzene rings is 3. The predicted octanol–water partition coefficient (Wildman–Crippen LogP) is 4.89. The molecule has 9 heteroatoms. The smallest absolute Gasteiger partial charge is 0.247 e. The Kier molecular flexibility index (Phi) is 5.84. The number of fused-ring (bicyclic) bond motifs is 3. The zero-order chi connectivity index (χ0) is 23.9. The standard InChI is InChI=1S/C24H23F2N3O3S/c1-4-28-22-8-6-5-7-18(22)19-13-16(9-12-23(19)28)27-24(30)15(2)29(33(3,31)32)17-10-11-20(25)21(26)14-17/h5-15H,4H2,1-3H3,(H,27,30)/t15-/m0/s1. The normalized spacial score (nSPS) is 12.8. The van der Waals surface area contributed by atoms with Crippen molar-refractivity contribution in [1.82, 2.24) is 4.57 Å². The van der Waals surface area contributed by atoms with E-state index in [4.69, 9.17) is 0 Å². The molecule has 0 fully saturated rings. The van der Waals surface area contributed by atoms with Gasteiger partial charge in [-0.3, -0.25) is 9.10 Å². The summed E-state index contributed by atoms with van der Waals surface area (Å²) >= 11 is 0. The first-order valence-corrected chi connectivity index (χ1v) is 12.2. The van der Waals surface area contributed by atoms with Crippen LogP contribution in [0.2, 0.25) is 0 Å². The molecule has 3 aromatic carbocycles. The van der Waals surface area contributed by atoms with Crippen molar-refractivity contribution in [2.45, 2.75) is 26.4 Å². The molecular formula is C24H23F2N3O3S. The predicted molar refractivity (Wildman–Crippen MR) is 127 cm³/mol. The Hall–Kier alpha value is -3.46. The maximum absolute atomic E-state index is 13.7. The molecule has 0 radical (unpaired) electrons. The summed E-state index contributed by atoms with van der Waals surface area (Å²) in [7, 11) is -3.97. The second kappa shape index (κ2) is 8.47. The van der Waals surface area contributed by atoms with Crippen LogP contribution in [-0.2, 0) is 21.4 Å². The Bertz CT molecular complexity index is 1480. The van der Waals surface area contributed by atoms with Crippen molar-refractivity contribution in [2.24, 2.45) is 0 Å². The van der Waals surface area contributed by atoms with Crippen LogP contribution < -0.4 is 9.62 Å². The largest absolute Gasteiger partial charge is 0.341 e. The Labute approximate surface area is 190 Å². The van der Waals surface area contributed by atoms with Gasteiger partial charge in [0.25, 0.3) is 0 Å². The van der Waals surface area contributed by atoms with E-state index in [1.54, 1.807) is 6.07 Å². The molecule has 1 heterocycles. The lowest BCUT2D eigenvalue weighted by atomic mass is 10.1. The summed E-state index contributed by atoms with van der Waals surface area (Å²) in [5.74, 6) is -2.92. The first-order valence-electron chi connectivity index (χ1n) is 10.4. The van der Waals surface area contributed by atoms with E-state index >= 15 is 0 Å². The Morgan fingerprint density at radius 2 is 1.70 bits per heavy atom. The lowest BCUT2D eigenvalue weighted by Gasteiger charge is -2.28. The van der Waals surface area contributed by atoms with Gasteiger partial charge in [-0.25, -0.2) is 17.2 Å². The highest BCUT2D eigenvalue weighted by Crippen LogP contribution is 2.31. The number of halogens is 2. The van der Waals surface area contributed by atoms with Crippen LogP contribution in [0.3, 0.4) is 0 Å². The summed E-state index contributed by atoms with van der Waals surface area (Å²) in [6, 6.07) is 14.9. The minimum Gasteiger partial charge on any atom is -0.341 e. The van der Waals surface area contributed by atoms with Crippen molar-refractivity contribution in [2.75, 3.05) is 15.9 Å². The van der Waals surface area contributed by atoms with E-state index in [0.717, 1.165) is 57.1 Å². The molecule has 4 rings (SSSR count). The highest BCUT2D eigenvalue weighted by Gasteiger charge is 2.30. The molecule has 0 saturated heterocycles. The van der Waals surface area contributed by atoms with Gasteiger partial charge in [-0.05, 0) is 50.2 Å². The quantitative estimate of drug-likeness (QED) is 0.435. The number of sulfonamides is 1. The van der Waals surface area contributed by atoms with Crippen molar-refractivity contribution < 1.29 is 22.0 Å². The van der Waals surface area contributed by atoms with E-state index in [0.29, 0.717) is 5.69 Å². The number of nitrogens with one attached hydrogen (secondary N) is 1. The fourth-order valence-electron chi connectivity index (χ4n) is 4.15. The molecule has 1 amide bonds. The third kappa shape index (κ3) is 4.16. The van der Waals surface area contributed by atoms with Gasteiger partial charge in [0.15, 0.2) is 11.6 Å². The molecule has 4 aromatic rings.